The fourth-order valence-corrected chi connectivity index (χ4v) is 3.18. The fraction of sp³-hybridized carbons (Fsp3) is 0.167. The molecule has 0 aliphatic rings. The number of rotatable bonds is 7. The van der Waals surface area contributed by atoms with E-state index in [4.69, 9.17) is 9.47 Å². The minimum atomic E-state index is -2.58. The van der Waals surface area contributed by atoms with Crippen LogP contribution in [0.25, 0.3) is 6.08 Å². The van der Waals surface area contributed by atoms with E-state index < -0.39 is 5.76 Å². The predicted molar refractivity (Wildman–Crippen MR) is 101 cm³/mol. The molecule has 0 fully saturated rings. The van der Waals surface area contributed by atoms with Gasteiger partial charge in [0.25, 0.3) is 5.76 Å². The summed E-state index contributed by atoms with van der Waals surface area (Å²) in [6.45, 7) is 0. The largest absolute Gasteiger partial charge is 0.503 e. The summed E-state index contributed by atoms with van der Waals surface area (Å²) in [5.41, 5.74) is 0.943. The number of ether oxygens (including phenoxy) is 2. The lowest BCUT2D eigenvalue weighted by Gasteiger charge is -2.09. The van der Waals surface area contributed by atoms with Gasteiger partial charge < -0.3 is 14.6 Å². The van der Waals surface area contributed by atoms with Gasteiger partial charge in [0.15, 0.2) is 17.3 Å². The highest BCUT2D eigenvalue weighted by Crippen LogP contribution is 2.36. The Hall–Kier alpha value is -2.06. The summed E-state index contributed by atoms with van der Waals surface area (Å²) in [5, 5.41) is 9.79. The maximum absolute atomic E-state index is 12.5. The molecule has 0 radical (unpaired) electrons. The van der Waals surface area contributed by atoms with Crippen LogP contribution in [0.3, 0.4) is 0 Å². The SMILES string of the molecule is COc1cc(C(=O)C=Cc2cc(Br)c(O)c(OC)c2)ccc1SC(F)F. The molecule has 2 rings (SSSR count). The number of hydrogen-bond donors (Lipinski definition) is 1. The van der Waals surface area contributed by atoms with Gasteiger partial charge in [0.2, 0.25) is 0 Å². The number of aromatic hydroxyl groups is 1. The summed E-state index contributed by atoms with van der Waals surface area (Å²) in [6.07, 6.45) is 2.90. The summed E-state index contributed by atoms with van der Waals surface area (Å²) in [5.74, 6) is -2.45. The molecular formula is C18H15BrF2O4S. The molecule has 0 heterocycles. The second-order valence-corrected chi connectivity index (χ2v) is 6.88. The molecule has 0 amide bonds. The van der Waals surface area contributed by atoms with Gasteiger partial charge in [-0.15, -0.1) is 0 Å². The van der Waals surface area contributed by atoms with Crippen LogP contribution in [0, 0.1) is 0 Å². The van der Waals surface area contributed by atoms with E-state index in [1.54, 1.807) is 18.2 Å². The zero-order valence-electron chi connectivity index (χ0n) is 13.8. The topological polar surface area (TPSA) is 55.8 Å². The van der Waals surface area contributed by atoms with E-state index in [-0.39, 0.29) is 27.9 Å². The van der Waals surface area contributed by atoms with Crippen LogP contribution < -0.4 is 9.47 Å². The third-order valence-electron chi connectivity index (χ3n) is 3.36. The number of benzene rings is 2. The van der Waals surface area contributed by atoms with Crippen LogP contribution in [0.4, 0.5) is 8.78 Å². The second-order valence-electron chi connectivity index (χ2n) is 5.00. The number of methoxy groups -OCH3 is 2. The van der Waals surface area contributed by atoms with Gasteiger partial charge in [-0.3, -0.25) is 4.79 Å². The maximum atomic E-state index is 12.5. The van der Waals surface area contributed by atoms with Crippen molar-refractivity contribution in [2.75, 3.05) is 14.2 Å². The lowest BCUT2D eigenvalue weighted by Crippen LogP contribution is -1.97. The average molecular weight is 445 g/mol. The summed E-state index contributed by atoms with van der Waals surface area (Å²) in [4.78, 5) is 12.6. The van der Waals surface area contributed by atoms with E-state index in [1.807, 2.05) is 0 Å². The van der Waals surface area contributed by atoms with Crippen molar-refractivity contribution in [3.63, 3.8) is 0 Å². The Morgan fingerprint density at radius 3 is 2.50 bits per heavy atom. The first-order chi connectivity index (χ1) is 12.3. The Balaban J connectivity index is 2.24. The van der Waals surface area contributed by atoms with Crippen molar-refractivity contribution in [2.45, 2.75) is 10.7 Å². The van der Waals surface area contributed by atoms with Gasteiger partial charge in [0.1, 0.15) is 5.75 Å². The molecule has 0 bridgehead atoms. The van der Waals surface area contributed by atoms with Gasteiger partial charge in [-0.1, -0.05) is 17.8 Å². The van der Waals surface area contributed by atoms with Gasteiger partial charge >= 0.3 is 0 Å². The Morgan fingerprint density at radius 1 is 1.19 bits per heavy atom. The molecule has 0 saturated heterocycles. The van der Waals surface area contributed by atoms with Crippen LogP contribution in [0.15, 0.2) is 45.8 Å². The standard InChI is InChI=1S/C18H15BrF2O4S/c1-24-14-9-11(4-6-16(14)26-18(20)21)13(22)5-3-10-7-12(19)17(23)15(8-10)25-2/h3-9,18,23H,1-2H3. The number of carbonyl (C=O) groups excluding carboxylic acids is 1. The van der Waals surface area contributed by atoms with E-state index >= 15 is 0 Å². The minimum Gasteiger partial charge on any atom is -0.503 e. The molecule has 0 saturated carbocycles. The number of allylic oxidation sites excluding steroid dienone is 1. The van der Waals surface area contributed by atoms with Crippen molar-refractivity contribution in [1.29, 1.82) is 0 Å². The van der Waals surface area contributed by atoms with Crippen LogP contribution in [-0.4, -0.2) is 30.9 Å². The Morgan fingerprint density at radius 2 is 1.88 bits per heavy atom. The van der Waals surface area contributed by atoms with E-state index in [1.165, 1.54) is 38.5 Å². The van der Waals surface area contributed by atoms with Crippen molar-refractivity contribution >= 4 is 39.6 Å². The lowest BCUT2D eigenvalue weighted by atomic mass is 10.1. The predicted octanol–water partition coefficient (Wildman–Crippen LogP) is 5.38. The minimum absolute atomic E-state index is 0.0344. The van der Waals surface area contributed by atoms with Crippen molar-refractivity contribution in [3.8, 4) is 17.2 Å². The molecule has 138 valence electrons. The molecule has 0 aromatic heterocycles. The van der Waals surface area contributed by atoms with E-state index in [9.17, 15) is 18.7 Å². The summed E-state index contributed by atoms with van der Waals surface area (Å²) >= 11 is 3.56. The molecule has 1 N–H and O–H groups in total. The van der Waals surface area contributed by atoms with Crippen molar-refractivity contribution < 1.29 is 28.2 Å². The number of halogens is 3. The second kappa shape index (κ2) is 9.05. The van der Waals surface area contributed by atoms with Gasteiger partial charge in [0.05, 0.1) is 23.6 Å². The van der Waals surface area contributed by atoms with Crippen molar-refractivity contribution in [3.05, 3.63) is 52.0 Å². The van der Waals surface area contributed by atoms with Crippen LogP contribution in [-0.2, 0) is 0 Å². The summed E-state index contributed by atoms with van der Waals surface area (Å²) < 4.78 is 35.6. The number of phenolic OH excluding ortho intramolecular Hbond substituents is 1. The molecule has 0 atom stereocenters. The Kier molecular flexibility index (Phi) is 7.05. The van der Waals surface area contributed by atoms with Crippen molar-refractivity contribution in [2.24, 2.45) is 0 Å². The highest BCUT2D eigenvalue weighted by molar-refractivity contribution is 9.10. The van der Waals surface area contributed by atoms with Gasteiger partial charge in [-0.2, -0.15) is 8.78 Å². The maximum Gasteiger partial charge on any atom is 0.289 e. The van der Waals surface area contributed by atoms with E-state index in [2.05, 4.69) is 15.9 Å². The highest BCUT2D eigenvalue weighted by atomic mass is 79.9. The van der Waals surface area contributed by atoms with Crippen molar-refractivity contribution in [1.82, 2.24) is 0 Å². The molecule has 0 aliphatic carbocycles. The molecule has 2 aromatic carbocycles. The van der Waals surface area contributed by atoms with Gasteiger partial charge in [-0.25, -0.2) is 0 Å². The van der Waals surface area contributed by atoms with Crippen LogP contribution in [0.5, 0.6) is 17.2 Å². The monoisotopic (exact) mass is 444 g/mol. The van der Waals surface area contributed by atoms with Gasteiger partial charge in [-0.05, 0) is 57.9 Å². The number of alkyl halides is 2. The Labute approximate surface area is 161 Å². The number of carbonyl (C=O) groups is 1. The van der Waals surface area contributed by atoms with Crippen LogP contribution >= 0.6 is 27.7 Å². The molecule has 26 heavy (non-hydrogen) atoms. The quantitative estimate of drug-likeness (QED) is 0.352. The Bertz CT molecular complexity index is 840. The molecule has 8 heteroatoms. The van der Waals surface area contributed by atoms with Crippen LogP contribution in [0.1, 0.15) is 15.9 Å². The molecule has 0 spiro atoms. The number of hydrogen-bond acceptors (Lipinski definition) is 5. The first kappa shape index (κ1) is 20.3. The zero-order chi connectivity index (χ0) is 19.3. The van der Waals surface area contributed by atoms with E-state index in [0.29, 0.717) is 27.4 Å². The average Bonchev–Trinajstić information content (AvgIpc) is 2.62. The van der Waals surface area contributed by atoms with Gasteiger partial charge in [0, 0.05) is 5.56 Å². The zero-order valence-corrected chi connectivity index (χ0v) is 16.2. The molecule has 2 aromatic rings. The fourth-order valence-electron chi connectivity index (χ4n) is 2.13. The number of thioether (sulfide) groups is 1. The number of ketones is 1. The van der Waals surface area contributed by atoms with E-state index in [0.717, 1.165) is 0 Å². The summed E-state index contributed by atoms with van der Waals surface area (Å²) in [6, 6.07) is 7.52. The smallest absolute Gasteiger partial charge is 0.289 e. The third kappa shape index (κ3) is 4.98. The molecular weight excluding hydrogens is 430 g/mol. The first-order valence-electron chi connectivity index (χ1n) is 7.27. The molecule has 4 nitrogen and oxygen atoms in total. The molecule has 0 aliphatic heterocycles. The summed E-state index contributed by atoms with van der Waals surface area (Å²) in [7, 11) is 2.78. The third-order valence-corrected chi connectivity index (χ3v) is 4.74. The normalized spacial score (nSPS) is 11.2. The van der Waals surface area contributed by atoms with Crippen LogP contribution in [0.2, 0.25) is 0 Å². The first-order valence-corrected chi connectivity index (χ1v) is 8.94. The lowest BCUT2D eigenvalue weighted by molar-refractivity contribution is 0.104. The molecule has 0 unspecified atom stereocenters. The number of phenols is 1. The highest BCUT2D eigenvalue weighted by Gasteiger charge is 2.13.